The smallest absolute Gasteiger partial charge is 0.252 e. The Morgan fingerprint density at radius 3 is 2.58 bits per heavy atom. The molecule has 2 atom stereocenters. The van der Waals surface area contributed by atoms with Crippen molar-refractivity contribution in [3.63, 3.8) is 0 Å². The molecule has 4 rings (SSSR count). The molecule has 7 nitrogen and oxygen atoms in total. The summed E-state index contributed by atoms with van der Waals surface area (Å²) in [4.78, 5) is 18.7. The number of methoxy groups -OCH3 is 2. The van der Waals surface area contributed by atoms with Crippen LogP contribution in [-0.4, -0.2) is 56.5 Å². The van der Waals surface area contributed by atoms with Gasteiger partial charge in [0.2, 0.25) is 0 Å². The summed E-state index contributed by atoms with van der Waals surface area (Å²) in [5.41, 5.74) is 1.24. The third kappa shape index (κ3) is 4.54. The Bertz CT molecular complexity index is 1130. The Kier molecular flexibility index (Phi) is 5.94. The van der Waals surface area contributed by atoms with E-state index in [4.69, 9.17) is 9.47 Å². The third-order valence-electron chi connectivity index (χ3n) is 5.20. The number of nitrogens with zero attached hydrogens (tertiary/aromatic N) is 2. The number of rotatable bonds is 5. The maximum atomic E-state index is 13.1. The minimum atomic E-state index is -3.20. The lowest BCUT2D eigenvalue weighted by Gasteiger charge is -2.26. The van der Waals surface area contributed by atoms with Crippen LogP contribution in [0.4, 0.5) is 10.1 Å². The molecule has 2 aromatic rings. The van der Waals surface area contributed by atoms with Gasteiger partial charge in [-0.25, -0.2) is 12.8 Å². The molecule has 2 aliphatic heterocycles. The van der Waals surface area contributed by atoms with Gasteiger partial charge in [-0.3, -0.25) is 4.79 Å². The lowest BCUT2D eigenvalue weighted by atomic mass is 10.1. The van der Waals surface area contributed by atoms with Crippen LogP contribution in [0.3, 0.4) is 0 Å². The average Bonchev–Trinajstić information content (AvgIpc) is 3.19. The highest BCUT2D eigenvalue weighted by atomic mass is 32.2. The molecular formula is C21H21FN2O5S2. The van der Waals surface area contributed by atoms with Crippen molar-refractivity contribution in [2.45, 2.75) is 17.7 Å². The van der Waals surface area contributed by atoms with Gasteiger partial charge >= 0.3 is 0 Å². The first-order valence-electron chi connectivity index (χ1n) is 9.54. The molecule has 0 spiro atoms. The predicted octanol–water partition coefficient (Wildman–Crippen LogP) is 2.69. The van der Waals surface area contributed by atoms with Crippen LogP contribution in [0.2, 0.25) is 0 Å². The zero-order chi connectivity index (χ0) is 22.2. The molecule has 2 fully saturated rings. The van der Waals surface area contributed by atoms with Crippen LogP contribution in [0.5, 0.6) is 11.5 Å². The molecule has 0 aromatic heterocycles. The number of carbonyl (C=O) groups is 1. The first-order valence-corrected chi connectivity index (χ1v) is 12.2. The number of sulfone groups is 1. The second-order valence-electron chi connectivity index (χ2n) is 7.30. The molecule has 2 heterocycles. The van der Waals surface area contributed by atoms with Crippen LogP contribution in [0, 0.1) is 5.82 Å². The van der Waals surface area contributed by atoms with Crippen molar-refractivity contribution < 1.29 is 27.1 Å². The molecule has 0 unspecified atom stereocenters. The van der Waals surface area contributed by atoms with Gasteiger partial charge in [0.25, 0.3) is 5.91 Å². The molecule has 1 amide bonds. The number of anilines is 1. The van der Waals surface area contributed by atoms with Crippen LogP contribution in [0.15, 0.2) is 47.5 Å². The number of benzene rings is 2. The van der Waals surface area contributed by atoms with E-state index < -0.39 is 15.7 Å². The Morgan fingerprint density at radius 1 is 1.16 bits per heavy atom. The fraction of sp³-hybridized carbons (Fsp3) is 0.333. The number of amides is 1. The van der Waals surface area contributed by atoms with E-state index in [0.29, 0.717) is 27.9 Å². The maximum absolute atomic E-state index is 13.1. The molecule has 0 radical (unpaired) electrons. The highest BCUT2D eigenvalue weighted by molar-refractivity contribution is 8.16. The van der Waals surface area contributed by atoms with Gasteiger partial charge in [0.1, 0.15) is 17.3 Å². The molecule has 164 valence electrons. The molecule has 2 aliphatic rings. The van der Waals surface area contributed by atoms with E-state index in [1.54, 1.807) is 35.2 Å². The van der Waals surface area contributed by atoms with E-state index in [0.717, 1.165) is 0 Å². The summed E-state index contributed by atoms with van der Waals surface area (Å²) in [7, 11) is -0.138. The fourth-order valence-electron chi connectivity index (χ4n) is 3.75. The van der Waals surface area contributed by atoms with E-state index >= 15 is 0 Å². The summed E-state index contributed by atoms with van der Waals surface area (Å²) in [6.45, 7) is 0. The molecule has 2 saturated heterocycles. The Balaban J connectivity index is 1.70. The van der Waals surface area contributed by atoms with Crippen LogP contribution in [0.25, 0.3) is 0 Å². The van der Waals surface area contributed by atoms with Gasteiger partial charge in [-0.15, -0.1) is 0 Å². The van der Waals surface area contributed by atoms with Crippen molar-refractivity contribution in [2.75, 3.05) is 30.6 Å². The average molecular weight is 465 g/mol. The summed E-state index contributed by atoms with van der Waals surface area (Å²) in [5.74, 6) is 0.307. The lowest BCUT2D eigenvalue weighted by Crippen LogP contribution is -2.38. The van der Waals surface area contributed by atoms with Gasteiger partial charge in [0.05, 0.1) is 43.9 Å². The van der Waals surface area contributed by atoms with Crippen molar-refractivity contribution in [1.82, 2.24) is 0 Å². The van der Waals surface area contributed by atoms with E-state index in [-0.39, 0.29) is 35.0 Å². The number of ether oxygens (including phenoxy) is 2. The summed E-state index contributed by atoms with van der Waals surface area (Å²) in [5, 5.41) is 0.182. The molecule has 0 saturated carbocycles. The van der Waals surface area contributed by atoms with Gasteiger partial charge < -0.3 is 14.4 Å². The largest absolute Gasteiger partial charge is 0.497 e. The molecule has 31 heavy (non-hydrogen) atoms. The second kappa shape index (κ2) is 8.51. The van der Waals surface area contributed by atoms with Gasteiger partial charge in [0.15, 0.2) is 15.0 Å². The van der Waals surface area contributed by atoms with Crippen LogP contribution < -0.4 is 14.4 Å². The normalized spacial score (nSPS) is 23.1. The molecule has 0 aliphatic carbocycles. The zero-order valence-corrected chi connectivity index (χ0v) is 18.6. The van der Waals surface area contributed by atoms with E-state index in [9.17, 15) is 17.6 Å². The van der Waals surface area contributed by atoms with Crippen molar-refractivity contribution in [3.8, 4) is 11.5 Å². The highest BCUT2D eigenvalue weighted by Crippen LogP contribution is 2.45. The fourth-order valence-corrected chi connectivity index (χ4v) is 7.68. The molecule has 10 heteroatoms. The van der Waals surface area contributed by atoms with Gasteiger partial charge in [-0.2, -0.15) is 4.99 Å². The SMILES string of the molecule is COc1ccc(OC)c(N2C(=NC(=O)Cc3ccc(F)cc3)S[C@@H]3CS(=O)(=O)C[C@H]32)c1. The third-order valence-corrected chi connectivity index (χ3v) is 8.41. The van der Waals surface area contributed by atoms with Gasteiger partial charge in [0, 0.05) is 11.3 Å². The van der Waals surface area contributed by atoms with E-state index in [1.807, 2.05) is 0 Å². The van der Waals surface area contributed by atoms with E-state index in [2.05, 4.69) is 4.99 Å². The number of amidine groups is 1. The lowest BCUT2D eigenvalue weighted by molar-refractivity contribution is -0.117. The molecule has 0 bridgehead atoms. The van der Waals surface area contributed by atoms with Crippen molar-refractivity contribution in [1.29, 1.82) is 0 Å². The second-order valence-corrected chi connectivity index (χ2v) is 10.7. The van der Waals surface area contributed by atoms with Gasteiger partial charge in [-0.1, -0.05) is 23.9 Å². The number of hydrogen-bond acceptors (Lipinski definition) is 6. The molecule has 0 N–H and O–H groups in total. The molecule has 2 aromatic carbocycles. The monoisotopic (exact) mass is 464 g/mol. The topological polar surface area (TPSA) is 85.3 Å². The molecular weight excluding hydrogens is 443 g/mol. The number of aliphatic imine (C=N–C) groups is 1. The van der Waals surface area contributed by atoms with Crippen LogP contribution >= 0.6 is 11.8 Å². The highest BCUT2D eigenvalue weighted by Gasteiger charge is 2.50. The summed E-state index contributed by atoms with van der Waals surface area (Å²) < 4.78 is 48.5. The minimum Gasteiger partial charge on any atom is -0.497 e. The first kappa shape index (κ1) is 21.6. The minimum absolute atomic E-state index is 0.0149. The standard InChI is InChI=1S/C21H21FN2O5S2/c1-28-15-7-8-18(29-2)16(10-15)24-17-11-31(26,27)12-19(17)30-21(24)23-20(25)9-13-3-5-14(22)6-4-13/h3-8,10,17,19H,9,11-12H2,1-2H3/t17-,19-/m1/s1. The number of thioether (sulfide) groups is 1. The summed E-state index contributed by atoms with van der Waals surface area (Å²) in [6, 6.07) is 10.5. The zero-order valence-electron chi connectivity index (χ0n) is 16.9. The Hall–Kier alpha value is -2.59. The summed E-state index contributed by atoms with van der Waals surface area (Å²) >= 11 is 1.28. The Labute approximate surface area is 184 Å². The number of carbonyl (C=O) groups excluding carboxylic acids is 1. The summed E-state index contributed by atoms with van der Waals surface area (Å²) in [6.07, 6.45) is 0.0149. The number of fused-ring (bicyclic) bond motifs is 1. The van der Waals surface area contributed by atoms with Crippen molar-refractivity contribution in [2.24, 2.45) is 4.99 Å². The maximum Gasteiger partial charge on any atom is 0.252 e. The quantitative estimate of drug-likeness (QED) is 0.673. The van der Waals surface area contributed by atoms with Crippen molar-refractivity contribution >= 4 is 38.4 Å². The van der Waals surface area contributed by atoms with Crippen molar-refractivity contribution in [3.05, 3.63) is 53.8 Å². The van der Waals surface area contributed by atoms with Gasteiger partial charge in [-0.05, 0) is 29.8 Å². The van der Waals surface area contributed by atoms with Crippen LogP contribution in [-0.2, 0) is 21.1 Å². The predicted molar refractivity (Wildman–Crippen MR) is 118 cm³/mol. The van der Waals surface area contributed by atoms with Crippen LogP contribution in [0.1, 0.15) is 5.56 Å². The number of hydrogen-bond donors (Lipinski definition) is 0. The Morgan fingerprint density at radius 2 is 1.90 bits per heavy atom. The first-order chi connectivity index (χ1) is 14.8. The number of halogens is 1. The van der Waals surface area contributed by atoms with E-state index in [1.165, 1.54) is 38.1 Å².